The minimum atomic E-state index is -4.64. The van der Waals surface area contributed by atoms with Crippen LogP contribution in [-0.2, 0) is 10.1 Å². The average molecular weight is 271 g/mol. The van der Waals surface area contributed by atoms with E-state index in [0.29, 0.717) is 12.1 Å². The van der Waals surface area contributed by atoms with Crippen molar-refractivity contribution in [1.82, 2.24) is 0 Å². The minimum absolute atomic E-state index is 0. The van der Waals surface area contributed by atoms with Crippen LogP contribution >= 0.6 is 0 Å². The molecule has 0 aromatic heterocycles. The summed E-state index contributed by atoms with van der Waals surface area (Å²) in [7, 11) is -4.64. The molecule has 0 spiro atoms. The molecule has 86 valence electrons. The molecule has 0 bridgehead atoms. The fourth-order valence-corrected chi connectivity index (χ4v) is 1.55. The van der Waals surface area contributed by atoms with Gasteiger partial charge in [-0.3, -0.25) is 4.55 Å². The predicted octanol–water partition coefficient (Wildman–Crippen LogP) is -2.44. The smallest absolute Gasteiger partial charge is 0.478 e. The first-order chi connectivity index (χ1) is 7.21. The first kappa shape index (κ1) is 16.1. The van der Waals surface area contributed by atoms with Gasteiger partial charge in [0.1, 0.15) is 0 Å². The van der Waals surface area contributed by atoms with E-state index in [-0.39, 0.29) is 32.4 Å². The maximum Gasteiger partial charge on any atom is 1.00 e. The minimum Gasteiger partial charge on any atom is -0.478 e. The SMILES string of the molecule is O=C(O)c1cc(C(=O)O)cc(S(=O)(=O)O)c1.[H+].[H+].[Na+]. The van der Waals surface area contributed by atoms with Gasteiger partial charge >= 0.3 is 44.3 Å². The molecule has 0 radical (unpaired) electrons. The van der Waals surface area contributed by atoms with Crippen molar-refractivity contribution in [1.29, 1.82) is 0 Å². The van der Waals surface area contributed by atoms with Crippen molar-refractivity contribution in [2.24, 2.45) is 0 Å². The van der Waals surface area contributed by atoms with Gasteiger partial charge in [-0.25, -0.2) is 9.59 Å². The summed E-state index contributed by atoms with van der Waals surface area (Å²) in [6.45, 7) is 0. The molecule has 0 atom stereocenters. The summed E-state index contributed by atoms with van der Waals surface area (Å²) in [4.78, 5) is 20.4. The van der Waals surface area contributed by atoms with Crippen molar-refractivity contribution < 1.29 is 65.2 Å². The van der Waals surface area contributed by atoms with Crippen molar-refractivity contribution in [2.45, 2.75) is 4.90 Å². The van der Waals surface area contributed by atoms with Crippen LogP contribution in [0.4, 0.5) is 0 Å². The Hall–Kier alpha value is -0.930. The Balaban J connectivity index is -0.000000853. The molecule has 0 saturated heterocycles. The van der Waals surface area contributed by atoms with E-state index in [9.17, 15) is 18.0 Å². The monoisotopic (exact) mass is 271 g/mol. The summed E-state index contributed by atoms with van der Waals surface area (Å²) in [5.41, 5.74) is -1.07. The molecular weight excluding hydrogens is 263 g/mol. The van der Waals surface area contributed by atoms with Crippen LogP contribution in [0.1, 0.15) is 23.6 Å². The van der Waals surface area contributed by atoms with E-state index in [0.717, 1.165) is 6.07 Å². The normalized spacial score (nSPS) is 10.4. The van der Waals surface area contributed by atoms with Crippen LogP contribution in [0.5, 0.6) is 0 Å². The number of hydrogen-bond donors (Lipinski definition) is 3. The number of carboxylic acids is 2. The Labute approximate surface area is 121 Å². The molecule has 0 aliphatic rings. The number of hydrogen-bond acceptors (Lipinski definition) is 4. The van der Waals surface area contributed by atoms with Gasteiger partial charge in [0, 0.05) is 0 Å². The maximum atomic E-state index is 10.8. The van der Waals surface area contributed by atoms with Crippen molar-refractivity contribution in [3.8, 4) is 0 Å². The van der Waals surface area contributed by atoms with Crippen molar-refractivity contribution >= 4 is 22.1 Å². The summed E-state index contributed by atoms with van der Waals surface area (Å²) >= 11 is 0. The zero-order valence-electron chi connectivity index (χ0n) is 10.6. The summed E-state index contributed by atoms with van der Waals surface area (Å²) in [5.74, 6) is -2.99. The topological polar surface area (TPSA) is 129 Å². The second-order valence-corrected chi connectivity index (χ2v) is 4.25. The molecule has 0 amide bonds. The van der Waals surface area contributed by atoms with Crippen LogP contribution in [-0.4, -0.2) is 35.1 Å². The van der Waals surface area contributed by atoms with Crippen LogP contribution in [0, 0.1) is 0 Å². The van der Waals surface area contributed by atoms with Gasteiger partial charge in [0.05, 0.1) is 16.0 Å². The molecular formula is C8H8NaO7S+3. The number of aromatic carboxylic acids is 2. The third kappa shape index (κ3) is 4.10. The van der Waals surface area contributed by atoms with Gasteiger partial charge in [-0.2, -0.15) is 8.42 Å². The van der Waals surface area contributed by atoms with Gasteiger partial charge < -0.3 is 10.2 Å². The van der Waals surface area contributed by atoms with Gasteiger partial charge in [0.15, 0.2) is 0 Å². The van der Waals surface area contributed by atoms with Crippen molar-refractivity contribution in [2.75, 3.05) is 0 Å². The molecule has 0 unspecified atom stereocenters. The number of carboxylic acid groups (broad SMARTS) is 2. The summed E-state index contributed by atoms with van der Waals surface area (Å²) < 4.78 is 30.2. The molecule has 1 aromatic rings. The predicted molar refractivity (Wildman–Crippen MR) is 52.4 cm³/mol. The first-order valence-electron chi connectivity index (χ1n) is 3.81. The van der Waals surface area contributed by atoms with Crippen LogP contribution in [0.15, 0.2) is 23.1 Å². The Kier molecular flexibility index (Phi) is 5.30. The maximum absolute atomic E-state index is 10.8. The van der Waals surface area contributed by atoms with Crippen molar-refractivity contribution in [3.63, 3.8) is 0 Å². The Morgan fingerprint density at radius 2 is 1.35 bits per heavy atom. The number of carbonyl (C=O) groups is 2. The van der Waals surface area contributed by atoms with Crippen LogP contribution in [0.3, 0.4) is 0 Å². The molecule has 1 aromatic carbocycles. The fraction of sp³-hybridized carbons (Fsp3) is 0. The van der Waals surface area contributed by atoms with Gasteiger partial charge in [-0.05, 0) is 18.2 Å². The van der Waals surface area contributed by atoms with E-state index in [1.807, 2.05) is 0 Å². The van der Waals surface area contributed by atoms with Gasteiger partial charge in [-0.1, -0.05) is 0 Å². The van der Waals surface area contributed by atoms with E-state index in [4.69, 9.17) is 14.8 Å². The van der Waals surface area contributed by atoms with E-state index < -0.39 is 38.1 Å². The zero-order chi connectivity index (χ0) is 12.5. The quantitative estimate of drug-likeness (QED) is 0.411. The average Bonchev–Trinajstić information content (AvgIpc) is 2.15. The first-order valence-corrected chi connectivity index (χ1v) is 5.25. The van der Waals surface area contributed by atoms with E-state index >= 15 is 0 Å². The third-order valence-corrected chi connectivity index (χ3v) is 2.53. The molecule has 0 aliphatic carbocycles. The Morgan fingerprint density at radius 1 is 1.00 bits per heavy atom. The van der Waals surface area contributed by atoms with E-state index in [1.165, 1.54) is 0 Å². The number of rotatable bonds is 3. The molecule has 0 fully saturated rings. The standard InChI is InChI=1S/C8H6O7S.Na/c9-7(10)4-1-5(8(11)12)3-6(2-4)16(13,14)15;/h1-3H,(H,9,10)(H,11,12)(H,13,14,15);/q;+1/p+2. The molecule has 7 nitrogen and oxygen atoms in total. The number of benzene rings is 1. The Morgan fingerprint density at radius 3 is 1.59 bits per heavy atom. The zero-order valence-corrected chi connectivity index (χ0v) is 11.4. The van der Waals surface area contributed by atoms with Gasteiger partial charge in [0.2, 0.25) is 0 Å². The van der Waals surface area contributed by atoms with Crippen LogP contribution in [0.25, 0.3) is 0 Å². The second kappa shape index (κ2) is 5.61. The van der Waals surface area contributed by atoms with E-state index in [2.05, 4.69) is 0 Å². The molecule has 0 heterocycles. The molecule has 0 saturated carbocycles. The molecule has 9 heteroatoms. The van der Waals surface area contributed by atoms with Gasteiger partial charge in [0.25, 0.3) is 10.1 Å². The molecule has 1 rings (SSSR count). The Bertz CT molecular complexity index is 540. The van der Waals surface area contributed by atoms with Crippen LogP contribution < -0.4 is 29.6 Å². The fourth-order valence-electron chi connectivity index (χ4n) is 0.995. The molecule has 17 heavy (non-hydrogen) atoms. The van der Waals surface area contributed by atoms with Crippen molar-refractivity contribution in [3.05, 3.63) is 29.3 Å². The summed E-state index contributed by atoms with van der Waals surface area (Å²) in [6.07, 6.45) is 0. The largest absolute Gasteiger partial charge is 1.00 e. The summed E-state index contributed by atoms with van der Waals surface area (Å²) in [5, 5.41) is 17.2. The molecule has 0 aliphatic heterocycles. The van der Waals surface area contributed by atoms with Crippen LogP contribution in [0.2, 0.25) is 0 Å². The second-order valence-electron chi connectivity index (χ2n) is 2.83. The van der Waals surface area contributed by atoms with E-state index in [1.54, 1.807) is 0 Å². The van der Waals surface area contributed by atoms with Gasteiger partial charge in [-0.15, -0.1) is 0 Å². The molecule has 3 N–H and O–H groups in total. The third-order valence-electron chi connectivity index (χ3n) is 1.70. The summed E-state index contributed by atoms with van der Waals surface area (Å²) in [6, 6.07) is 2.13.